The van der Waals surface area contributed by atoms with Gasteiger partial charge in [0.05, 0.1) is 7.11 Å². The summed E-state index contributed by atoms with van der Waals surface area (Å²) < 4.78 is 32.5. The Hall–Kier alpha value is -1.94. The normalized spacial score (nSPS) is 22.9. The van der Waals surface area contributed by atoms with E-state index in [0.717, 1.165) is 42.7 Å². The molecule has 0 aromatic heterocycles. The monoisotopic (exact) mass is 315 g/mol. The molecule has 23 heavy (non-hydrogen) atoms. The van der Waals surface area contributed by atoms with Gasteiger partial charge in [-0.25, -0.2) is 8.78 Å². The maximum absolute atomic E-state index is 13.7. The molecule has 2 aromatic rings. The van der Waals surface area contributed by atoms with Crippen molar-refractivity contribution in [1.29, 1.82) is 0 Å². The van der Waals surface area contributed by atoms with Crippen LogP contribution in [0, 0.1) is 11.6 Å². The first-order valence-electron chi connectivity index (χ1n) is 8.05. The summed E-state index contributed by atoms with van der Waals surface area (Å²) in [5.74, 6) is -0.635. The molecule has 4 rings (SSSR count). The second kappa shape index (κ2) is 5.60. The van der Waals surface area contributed by atoms with Crippen LogP contribution in [0.3, 0.4) is 0 Å². The van der Waals surface area contributed by atoms with Crippen LogP contribution in [0.4, 0.5) is 8.78 Å². The van der Waals surface area contributed by atoms with Gasteiger partial charge in [0.1, 0.15) is 5.75 Å². The van der Waals surface area contributed by atoms with E-state index in [1.807, 2.05) is 12.1 Å². The average molecular weight is 315 g/mol. The molecule has 2 aromatic carbocycles. The van der Waals surface area contributed by atoms with Crippen molar-refractivity contribution in [1.82, 2.24) is 4.90 Å². The number of methoxy groups -OCH3 is 1. The Labute approximate surface area is 134 Å². The lowest BCUT2D eigenvalue weighted by Crippen LogP contribution is -2.29. The summed E-state index contributed by atoms with van der Waals surface area (Å²) >= 11 is 0. The zero-order valence-corrected chi connectivity index (χ0v) is 13.1. The first kappa shape index (κ1) is 14.6. The van der Waals surface area contributed by atoms with Crippen LogP contribution >= 0.6 is 0 Å². The lowest BCUT2D eigenvalue weighted by Gasteiger charge is -2.35. The molecule has 0 aliphatic carbocycles. The lowest BCUT2D eigenvalue weighted by molar-refractivity contribution is 0.100. The molecule has 2 heterocycles. The molecule has 120 valence electrons. The van der Waals surface area contributed by atoms with Crippen molar-refractivity contribution in [2.75, 3.05) is 7.11 Å². The second-order valence-electron chi connectivity index (χ2n) is 6.38. The fraction of sp³-hybridized carbons (Fsp3) is 0.368. The number of rotatable bonds is 3. The van der Waals surface area contributed by atoms with Gasteiger partial charge in [0.15, 0.2) is 11.6 Å². The van der Waals surface area contributed by atoms with E-state index in [4.69, 9.17) is 4.74 Å². The van der Waals surface area contributed by atoms with E-state index in [1.165, 1.54) is 17.7 Å². The number of hydrogen-bond donors (Lipinski definition) is 0. The van der Waals surface area contributed by atoms with E-state index in [-0.39, 0.29) is 12.1 Å². The molecule has 0 amide bonds. The maximum Gasteiger partial charge on any atom is 0.159 e. The van der Waals surface area contributed by atoms with Gasteiger partial charge < -0.3 is 4.74 Å². The second-order valence-corrected chi connectivity index (χ2v) is 6.38. The van der Waals surface area contributed by atoms with Crippen LogP contribution in [0.5, 0.6) is 5.75 Å². The highest BCUT2D eigenvalue weighted by Gasteiger charge is 2.41. The summed E-state index contributed by atoms with van der Waals surface area (Å²) in [5.41, 5.74) is 3.14. The van der Waals surface area contributed by atoms with Gasteiger partial charge in [0, 0.05) is 18.6 Å². The van der Waals surface area contributed by atoms with Crippen LogP contribution in [-0.2, 0) is 6.54 Å². The maximum atomic E-state index is 13.7. The van der Waals surface area contributed by atoms with Crippen molar-refractivity contribution in [3.8, 4) is 5.75 Å². The number of fused-ring (bicyclic) bond motifs is 5. The summed E-state index contributed by atoms with van der Waals surface area (Å²) in [6.07, 6.45) is 3.11. The van der Waals surface area contributed by atoms with Crippen molar-refractivity contribution in [3.63, 3.8) is 0 Å². The number of piperidine rings is 1. The first-order chi connectivity index (χ1) is 11.2. The van der Waals surface area contributed by atoms with Crippen LogP contribution in [0.2, 0.25) is 0 Å². The van der Waals surface area contributed by atoms with Crippen molar-refractivity contribution >= 4 is 0 Å². The summed E-state index contributed by atoms with van der Waals surface area (Å²) in [5, 5.41) is 0. The minimum absolute atomic E-state index is 0.195. The molecule has 0 spiro atoms. The van der Waals surface area contributed by atoms with E-state index in [1.54, 1.807) is 7.11 Å². The van der Waals surface area contributed by atoms with E-state index in [2.05, 4.69) is 17.0 Å². The van der Waals surface area contributed by atoms with Gasteiger partial charge in [0.2, 0.25) is 0 Å². The molecule has 2 nitrogen and oxygen atoms in total. The molecular formula is C19H19F2NO. The molecule has 2 atom stereocenters. The largest absolute Gasteiger partial charge is 0.497 e. The van der Waals surface area contributed by atoms with Gasteiger partial charge in [-0.15, -0.1) is 0 Å². The Morgan fingerprint density at radius 3 is 2.09 bits per heavy atom. The summed E-state index contributed by atoms with van der Waals surface area (Å²) in [7, 11) is 1.65. The first-order valence-corrected chi connectivity index (χ1v) is 8.05. The third kappa shape index (κ3) is 2.41. The Bertz CT molecular complexity index is 692. The summed E-state index contributed by atoms with van der Waals surface area (Å²) in [4.78, 5) is 2.38. The molecule has 2 aliphatic rings. The minimum Gasteiger partial charge on any atom is -0.497 e. The highest BCUT2D eigenvalue weighted by atomic mass is 19.2. The van der Waals surface area contributed by atoms with Gasteiger partial charge in [-0.3, -0.25) is 4.90 Å². The third-order valence-corrected chi connectivity index (χ3v) is 5.12. The van der Waals surface area contributed by atoms with Gasteiger partial charge in [-0.2, -0.15) is 0 Å². The zero-order valence-electron chi connectivity index (χ0n) is 13.1. The van der Waals surface area contributed by atoms with Gasteiger partial charge in [-0.1, -0.05) is 12.1 Å². The number of ether oxygens (including phenoxy) is 1. The Morgan fingerprint density at radius 2 is 1.57 bits per heavy atom. The Morgan fingerprint density at radius 1 is 1.00 bits per heavy atom. The highest BCUT2D eigenvalue weighted by molar-refractivity contribution is 5.40. The van der Waals surface area contributed by atoms with Crippen molar-refractivity contribution in [2.45, 2.75) is 37.9 Å². The fourth-order valence-corrected chi connectivity index (χ4v) is 4.04. The summed E-state index contributed by atoms with van der Waals surface area (Å²) in [6, 6.07) is 11.2. The number of halogens is 2. The predicted molar refractivity (Wildman–Crippen MR) is 84.2 cm³/mol. The van der Waals surface area contributed by atoms with E-state index in [9.17, 15) is 8.78 Å². The summed E-state index contributed by atoms with van der Waals surface area (Å²) in [6.45, 7) is 0.789. The van der Waals surface area contributed by atoms with E-state index in [0.29, 0.717) is 0 Å². The topological polar surface area (TPSA) is 12.5 Å². The third-order valence-electron chi connectivity index (χ3n) is 5.12. The fourth-order valence-electron chi connectivity index (χ4n) is 4.04. The molecule has 2 unspecified atom stereocenters. The molecular weight excluding hydrogens is 296 g/mol. The minimum atomic E-state index is -0.735. The predicted octanol–water partition coefficient (Wildman–Crippen LogP) is 4.76. The van der Waals surface area contributed by atoms with Crippen LogP contribution in [0.1, 0.15) is 48.0 Å². The van der Waals surface area contributed by atoms with Crippen LogP contribution < -0.4 is 4.74 Å². The van der Waals surface area contributed by atoms with Crippen LogP contribution in [-0.4, -0.2) is 12.0 Å². The standard InChI is InChI=1S/C19H19F2NO/c1-23-13-7-5-12(6-8-13)11-22-18-3-2-4-19(22)15-10-17(21)16(20)9-14(15)18/h5-10,18-19H,2-4,11H2,1H3. The van der Waals surface area contributed by atoms with Crippen molar-refractivity contribution in [2.24, 2.45) is 0 Å². The lowest BCUT2D eigenvalue weighted by atomic mass is 9.99. The van der Waals surface area contributed by atoms with Crippen molar-refractivity contribution < 1.29 is 13.5 Å². The molecule has 4 heteroatoms. The number of nitrogens with zero attached hydrogens (tertiary/aromatic N) is 1. The molecule has 1 saturated heterocycles. The number of hydrogen-bond acceptors (Lipinski definition) is 2. The Kier molecular flexibility index (Phi) is 3.57. The van der Waals surface area contributed by atoms with Gasteiger partial charge >= 0.3 is 0 Å². The molecule has 0 N–H and O–H groups in total. The number of benzene rings is 2. The molecule has 2 aliphatic heterocycles. The molecule has 2 bridgehead atoms. The highest BCUT2D eigenvalue weighted by Crippen LogP contribution is 2.51. The molecule has 0 radical (unpaired) electrons. The van der Waals surface area contributed by atoms with Gasteiger partial charge in [0.25, 0.3) is 0 Å². The van der Waals surface area contributed by atoms with Crippen molar-refractivity contribution in [3.05, 3.63) is 64.7 Å². The van der Waals surface area contributed by atoms with Crippen LogP contribution in [0.25, 0.3) is 0 Å². The van der Waals surface area contributed by atoms with E-state index < -0.39 is 11.6 Å². The van der Waals surface area contributed by atoms with Gasteiger partial charge in [-0.05, 0) is 60.2 Å². The van der Waals surface area contributed by atoms with E-state index >= 15 is 0 Å². The molecule has 1 fully saturated rings. The quantitative estimate of drug-likeness (QED) is 0.810. The zero-order chi connectivity index (χ0) is 16.0. The van der Waals surface area contributed by atoms with Crippen LogP contribution in [0.15, 0.2) is 36.4 Å². The SMILES string of the molecule is COc1ccc(CN2C3CCCC2c2cc(F)c(F)cc23)cc1. The molecule has 0 saturated carbocycles. The average Bonchev–Trinajstić information content (AvgIpc) is 2.72. The smallest absolute Gasteiger partial charge is 0.159 e. The Balaban J connectivity index is 1.65.